The van der Waals surface area contributed by atoms with E-state index in [1.54, 1.807) is 0 Å². The Labute approximate surface area is 138 Å². The van der Waals surface area contributed by atoms with E-state index in [1.165, 1.54) is 5.56 Å². The fourth-order valence-corrected chi connectivity index (χ4v) is 2.42. The lowest BCUT2D eigenvalue weighted by molar-refractivity contribution is 0.0424. The topological polar surface area (TPSA) is 72.7 Å². The molecular formula is C16H29N5O2. The zero-order chi connectivity index (χ0) is 16.3. The van der Waals surface area contributed by atoms with E-state index < -0.39 is 0 Å². The van der Waals surface area contributed by atoms with Gasteiger partial charge in [-0.15, -0.1) is 0 Å². The molecule has 0 aliphatic carbocycles. The number of rotatable bonds is 9. The maximum Gasteiger partial charge on any atom is 0.191 e. The molecule has 7 nitrogen and oxygen atoms in total. The summed E-state index contributed by atoms with van der Waals surface area (Å²) in [5.74, 6) is 0.862. The summed E-state index contributed by atoms with van der Waals surface area (Å²) in [5, 5.41) is 10.8. The van der Waals surface area contributed by atoms with Gasteiger partial charge in [-0.05, 0) is 31.7 Å². The minimum atomic E-state index is 0.282. The van der Waals surface area contributed by atoms with Gasteiger partial charge < -0.3 is 20.1 Å². The van der Waals surface area contributed by atoms with Crippen LogP contribution in [-0.2, 0) is 22.9 Å². The number of ether oxygens (including phenoxy) is 2. The summed E-state index contributed by atoms with van der Waals surface area (Å²) >= 11 is 0. The highest BCUT2D eigenvalue weighted by atomic mass is 16.5. The number of hydrogen-bond donors (Lipinski definition) is 2. The van der Waals surface area contributed by atoms with Crippen LogP contribution in [0.25, 0.3) is 0 Å². The molecule has 0 saturated carbocycles. The highest BCUT2D eigenvalue weighted by molar-refractivity contribution is 5.79. The highest BCUT2D eigenvalue weighted by Crippen LogP contribution is 2.08. The molecule has 23 heavy (non-hydrogen) atoms. The lowest BCUT2D eigenvalue weighted by atomic mass is 10.2. The van der Waals surface area contributed by atoms with Crippen LogP contribution in [0, 0.1) is 0 Å². The van der Waals surface area contributed by atoms with Gasteiger partial charge in [0.05, 0.1) is 18.9 Å². The molecule has 1 aliphatic heterocycles. The van der Waals surface area contributed by atoms with Gasteiger partial charge in [0, 0.05) is 46.1 Å². The number of aryl methyl sites for hydroxylation is 1. The van der Waals surface area contributed by atoms with Gasteiger partial charge in [-0.1, -0.05) is 0 Å². The smallest absolute Gasteiger partial charge is 0.191 e. The molecule has 1 aromatic heterocycles. The normalized spacial score (nSPS) is 18.3. The lowest BCUT2D eigenvalue weighted by Gasteiger charge is -2.11. The molecule has 1 fully saturated rings. The minimum Gasteiger partial charge on any atom is -0.379 e. The Morgan fingerprint density at radius 1 is 1.52 bits per heavy atom. The Morgan fingerprint density at radius 3 is 3.13 bits per heavy atom. The van der Waals surface area contributed by atoms with Crippen LogP contribution in [0.15, 0.2) is 17.4 Å². The van der Waals surface area contributed by atoms with E-state index in [4.69, 9.17) is 9.47 Å². The number of guanidine groups is 1. The van der Waals surface area contributed by atoms with Crippen LogP contribution >= 0.6 is 0 Å². The molecular weight excluding hydrogens is 294 g/mol. The molecule has 0 bridgehead atoms. The Balaban J connectivity index is 1.60. The predicted molar refractivity (Wildman–Crippen MR) is 90.7 cm³/mol. The van der Waals surface area contributed by atoms with Crippen molar-refractivity contribution >= 4 is 5.96 Å². The molecule has 1 unspecified atom stereocenters. The molecule has 7 heteroatoms. The van der Waals surface area contributed by atoms with Gasteiger partial charge in [-0.25, -0.2) is 0 Å². The van der Waals surface area contributed by atoms with Gasteiger partial charge in [0.25, 0.3) is 0 Å². The second kappa shape index (κ2) is 10.2. The minimum absolute atomic E-state index is 0.282. The highest BCUT2D eigenvalue weighted by Gasteiger charge is 2.15. The second-order valence-corrected chi connectivity index (χ2v) is 5.67. The van der Waals surface area contributed by atoms with E-state index in [-0.39, 0.29) is 6.10 Å². The van der Waals surface area contributed by atoms with Gasteiger partial charge >= 0.3 is 0 Å². The summed E-state index contributed by atoms with van der Waals surface area (Å²) in [6.07, 6.45) is 7.09. The van der Waals surface area contributed by atoms with E-state index in [1.807, 2.05) is 24.1 Å². The molecule has 2 heterocycles. The summed E-state index contributed by atoms with van der Waals surface area (Å²) in [7, 11) is 1.93. The molecule has 0 radical (unpaired) electrons. The molecule has 2 N–H and O–H groups in total. The van der Waals surface area contributed by atoms with E-state index in [0.29, 0.717) is 0 Å². The zero-order valence-electron chi connectivity index (χ0n) is 14.3. The maximum absolute atomic E-state index is 5.74. The number of aromatic nitrogens is 2. The summed E-state index contributed by atoms with van der Waals surface area (Å²) < 4.78 is 12.9. The molecule has 1 saturated heterocycles. The Bertz CT molecular complexity index is 469. The molecule has 130 valence electrons. The number of nitrogens with zero attached hydrogens (tertiary/aromatic N) is 3. The van der Waals surface area contributed by atoms with Crippen molar-refractivity contribution < 1.29 is 9.47 Å². The van der Waals surface area contributed by atoms with Crippen LogP contribution in [0.4, 0.5) is 0 Å². The molecule has 1 atom stereocenters. The van der Waals surface area contributed by atoms with Gasteiger partial charge in [0.2, 0.25) is 0 Å². The molecule has 2 rings (SSSR count). The first kappa shape index (κ1) is 17.7. The first-order valence-corrected chi connectivity index (χ1v) is 8.47. The molecule has 0 spiro atoms. The number of hydrogen-bond acceptors (Lipinski definition) is 4. The summed E-state index contributed by atoms with van der Waals surface area (Å²) in [5.41, 5.74) is 1.23. The molecule has 0 amide bonds. The number of nitrogens with one attached hydrogen (secondary N) is 2. The summed E-state index contributed by atoms with van der Waals surface area (Å²) in [6.45, 7) is 6.84. The summed E-state index contributed by atoms with van der Waals surface area (Å²) in [6, 6.07) is 0. The SMILES string of the molecule is CCNC(=NCCCOC1CCOC1)NCCc1cnn(C)c1. The maximum atomic E-state index is 5.74. The predicted octanol–water partition coefficient (Wildman–Crippen LogP) is 0.713. The third-order valence-corrected chi connectivity index (χ3v) is 3.62. The average molecular weight is 323 g/mol. The van der Waals surface area contributed by atoms with Crippen molar-refractivity contribution in [2.24, 2.45) is 12.0 Å². The van der Waals surface area contributed by atoms with Crippen molar-refractivity contribution in [1.29, 1.82) is 0 Å². The van der Waals surface area contributed by atoms with E-state index >= 15 is 0 Å². The van der Waals surface area contributed by atoms with Gasteiger partial charge in [0.15, 0.2) is 5.96 Å². The fraction of sp³-hybridized carbons (Fsp3) is 0.750. The average Bonchev–Trinajstić information content (AvgIpc) is 3.19. The van der Waals surface area contributed by atoms with Crippen LogP contribution in [0.2, 0.25) is 0 Å². The van der Waals surface area contributed by atoms with Crippen molar-refractivity contribution in [2.75, 3.05) is 39.5 Å². The third kappa shape index (κ3) is 7.00. The molecule has 0 aromatic carbocycles. The Hall–Kier alpha value is -1.60. The van der Waals surface area contributed by atoms with Crippen molar-refractivity contribution in [3.63, 3.8) is 0 Å². The van der Waals surface area contributed by atoms with Gasteiger partial charge in [-0.3, -0.25) is 9.67 Å². The van der Waals surface area contributed by atoms with Crippen LogP contribution in [0.3, 0.4) is 0 Å². The van der Waals surface area contributed by atoms with Crippen LogP contribution in [-0.4, -0.2) is 61.3 Å². The Kier molecular flexibility index (Phi) is 7.89. The quantitative estimate of drug-likeness (QED) is 0.398. The first-order chi connectivity index (χ1) is 11.3. The van der Waals surface area contributed by atoms with Gasteiger partial charge in [0.1, 0.15) is 0 Å². The van der Waals surface area contributed by atoms with E-state index in [9.17, 15) is 0 Å². The lowest BCUT2D eigenvalue weighted by Crippen LogP contribution is -2.38. The van der Waals surface area contributed by atoms with Crippen molar-refractivity contribution in [1.82, 2.24) is 20.4 Å². The van der Waals surface area contributed by atoms with Gasteiger partial charge in [-0.2, -0.15) is 5.10 Å². The van der Waals surface area contributed by atoms with Crippen LogP contribution in [0.5, 0.6) is 0 Å². The monoisotopic (exact) mass is 323 g/mol. The standard InChI is InChI=1S/C16H29N5O2/c1-3-17-16(19-8-5-14-11-20-21(2)12-14)18-7-4-9-23-15-6-10-22-13-15/h11-12,15H,3-10,13H2,1-2H3,(H2,17,18,19). The van der Waals surface area contributed by atoms with Crippen LogP contribution < -0.4 is 10.6 Å². The first-order valence-electron chi connectivity index (χ1n) is 8.47. The molecule has 1 aliphatic rings. The van der Waals surface area contributed by atoms with Crippen LogP contribution in [0.1, 0.15) is 25.3 Å². The van der Waals surface area contributed by atoms with E-state index in [0.717, 1.165) is 64.7 Å². The van der Waals surface area contributed by atoms with E-state index in [2.05, 4.69) is 27.6 Å². The number of aliphatic imine (C=N–C) groups is 1. The Morgan fingerprint density at radius 2 is 2.43 bits per heavy atom. The largest absolute Gasteiger partial charge is 0.379 e. The van der Waals surface area contributed by atoms with Crippen molar-refractivity contribution in [2.45, 2.75) is 32.3 Å². The third-order valence-electron chi connectivity index (χ3n) is 3.62. The molecule has 1 aromatic rings. The summed E-state index contributed by atoms with van der Waals surface area (Å²) in [4.78, 5) is 4.58. The fourth-order valence-electron chi connectivity index (χ4n) is 2.42. The van der Waals surface area contributed by atoms with Crippen molar-refractivity contribution in [3.05, 3.63) is 18.0 Å². The second-order valence-electron chi connectivity index (χ2n) is 5.67. The van der Waals surface area contributed by atoms with Crippen molar-refractivity contribution in [3.8, 4) is 0 Å². The zero-order valence-corrected chi connectivity index (χ0v) is 14.3.